The van der Waals surface area contributed by atoms with Crippen molar-refractivity contribution in [2.24, 2.45) is 5.41 Å². The number of piperidine rings is 1. The van der Waals surface area contributed by atoms with E-state index < -0.39 is 0 Å². The first kappa shape index (κ1) is 16.0. The van der Waals surface area contributed by atoms with Gasteiger partial charge in [0, 0.05) is 24.7 Å². The molecule has 1 amide bonds. The Kier molecular flexibility index (Phi) is 4.68. The highest BCUT2D eigenvalue weighted by Crippen LogP contribution is 2.27. The number of nitrogens with zero attached hydrogens (tertiary/aromatic N) is 1. The Morgan fingerprint density at radius 1 is 1.48 bits per heavy atom. The lowest BCUT2D eigenvalue weighted by Crippen LogP contribution is -2.45. The Labute approximate surface area is 140 Å². The second-order valence-electron chi connectivity index (χ2n) is 6.33. The van der Waals surface area contributed by atoms with Crippen LogP contribution in [0.5, 0.6) is 0 Å². The Hall–Kier alpha value is -1.85. The first-order valence-corrected chi connectivity index (χ1v) is 8.16. The van der Waals surface area contributed by atoms with E-state index in [1.807, 2.05) is 18.2 Å². The monoisotopic (exact) mass is 333 g/mol. The highest BCUT2D eigenvalue weighted by Gasteiger charge is 2.27. The zero-order chi connectivity index (χ0) is 16.3. The minimum absolute atomic E-state index is 0.0828. The Morgan fingerprint density at radius 2 is 2.30 bits per heavy atom. The summed E-state index contributed by atoms with van der Waals surface area (Å²) < 4.78 is 5.17. The number of nitrogens with one attached hydrogen (secondary N) is 2. The molecular formula is C17H20ClN3O2. The number of rotatable bonds is 4. The predicted molar refractivity (Wildman–Crippen MR) is 89.5 cm³/mol. The van der Waals surface area contributed by atoms with E-state index in [9.17, 15) is 4.79 Å². The van der Waals surface area contributed by atoms with E-state index in [1.165, 1.54) is 0 Å². The van der Waals surface area contributed by atoms with Crippen molar-refractivity contribution >= 4 is 17.5 Å². The number of halogens is 1. The summed E-state index contributed by atoms with van der Waals surface area (Å²) in [6.45, 7) is 4.75. The largest absolute Gasteiger partial charge is 0.350 e. The van der Waals surface area contributed by atoms with Crippen LogP contribution in [0.3, 0.4) is 0 Å². The van der Waals surface area contributed by atoms with Crippen LogP contribution in [0.1, 0.15) is 30.3 Å². The van der Waals surface area contributed by atoms with Crippen LogP contribution >= 0.6 is 11.6 Å². The lowest BCUT2D eigenvalue weighted by atomic mass is 9.83. The van der Waals surface area contributed by atoms with Gasteiger partial charge in [-0.2, -0.15) is 0 Å². The standard InChI is InChI=1S/C17H20ClN3O2/c1-17(7-4-8-19-10-17)11-20-16(22)15-9-14(21-23-15)12-5-2-3-6-13(12)18/h2-3,5-6,9,19H,4,7-8,10-11H2,1H3,(H,20,22). The third kappa shape index (κ3) is 3.74. The van der Waals surface area contributed by atoms with E-state index in [1.54, 1.807) is 12.1 Å². The molecule has 0 bridgehead atoms. The molecular weight excluding hydrogens is 314 g/mol. The van der Waals surface area contributed by atoms with Crippen molar-refractivity contribution in [2.75, 3.05) is 19.6 Å². The van der Waals surface area contributed by atoms with Gasteiger partial charge in [-0.1, -0.05) is 41.9 Å². The lowest BCUT2D eigenvalue weighted by molar-refractivity contribution is 0.0888. The molecule has 5 nitrogen and oxygen atoms in total. The molecule has 1 aliphatic heterocycles. The van der Waals surface area contributed by atoms with Gasteiger partial charge in [-0.05, 0) is 30.9 Å². The zero-order valence-electron chi connectivity index (χ0n) is 13.1. The number of aromatic nitrogens is 1. The lowest BCUT2D eigenvalue weighted by Gasteiger charge is -2.34. The number of hydrogen-bond acceptors (Lipinski definition) is 4. The van der Waals surface area contributed by atoms with E-state index in [0.717, 1.165) is 31.5 Å². The summed E-state index contributed by atoms with van der Waals surface area (Å²) in [5.41, 5.74) is 1.39. The fourth-order valence-electron chi connectivity index (χ4n) is 2.83. The molecule has 1 unspecified atom stereocenters. The van der Waals surface area contributed by atoms with Crippen LogP contribution in [0.2, 0.25) is 5.02 Å². The van der Waals surface area contributed by atoms with Crippen molar-refractivity contribution in [3.63, 3.8) is 0 Å². The van der Waals surface area contributed by atoms with Crippen LogP contribution in [-0.2, 0) is 0 Å². The van der Waals surface area contributed by atoms with Gasteiger partial charge in [-0.25, -0.2) is 0 Å². The van der Waals surface area contributed by atoms with Crippen LogP contribution in [0.25, 0.3) is 11.3 Å². The molecule has 0 saturated carbocycles. The Balaban J connectivity index is 1.66. The quantitative estimate of drug-likeness (QED) is 0.902. The molecule has 1 aliphatic rings. The topological polar surface area (TPSA) is 67.2 Å². The van der Waals surface area contributed by atoms with Gasteiger partial charge in [0.1, 0.15) is 5.69 Å². The Morgan fingerprint density at radius 3 is 3.04 bits per heavy atom. The highest BCUT2D eigenvalue weighted by molar-refractivity contribution is 6.33. The van der Waals surface area contributed by atoms with Crippen molar-refractivity contribution in [1.82, 2.24) is 15.8 Å². The van der Waals surface area contributed by atoms with E-state index in [4.69, 9.17) is 16.1 Å². The Bertz CT molecular complexity index is 693. The molecule has 1 aromatic carbocycles. The third-order valence-electron chi connectivity index (χ3n) is 4.25. The second-order valence-corrected chi connectivity index (χ2v) is 6.74. The smallest absolute Gasteiger partial charge is 0.289 e. The highest BCUT2D eigenvalue weighted by atomic mass is 35.5. The molecule has 2 aromatic rings. The van der Waals surface area contributed by atoms with E-state index in [2.05, 4.69) is 22.7 Å². The summed E-state index contributed by atoms with van der Waals surface area (Å²) >= 11 is 6.14. The summed E-state index contributed by atoms with van der Waals surface area (Å²) in [6.07, 6.45) is 2.23. The number of carbonyl (C=O) groups is 1. The van der Waals surface area contributed by atoms with Crippen LogP contribution in [0.15, 0.2) is 34.9 Å². The molecule has 1 atom stereocenters. The second kappa shape index (κ2) is 6.72. The summed E-state index contributed by atoms with van der Waals surface area (Å²) in [5.74, 6) is -0.0464. The van der Waals surface area contributed by atoms with Gasteiger partial charge in [-0.15, -0.1) is 0 Å². The van der Waals surface area contributed by atoms with Gasteiger partial charge in [0.05, 0.1) is 5.02 Å². The number of hydrogen-bond donors (Lipinski definition) is 2. The van der Waals surface area contributed by atoms with Crippen molar-refractivity contribution in [3.05, 3.63) is 41.1 Å². The van der Waals surface area contributed by atoms with Crippen LogP contribution in [0, 0.1) is 5.41 Å². The SMILES string of the molecule is CC1(CNC(=O)c2cc(-c3ccccc3Cl)no2)CCCNC1. The molecule has 0 radical (unpaired) electrons. The van der Waals surface area contributed by atoms with Crippen molar-refractivity contribution < 1.29 is 9.32 Å². The summed E-state index contributed by atoms with van der Waals surface area (Å²) in [7, 11) is 0. The fourth-order valence-corrected chi connectivity index (χ4v) is 3.06. The normalized spacial score (nSPS) is 21.1. The van der Waals surface area contributed by atoms with Crippen molar-refractivity contribution in [1.29, 1.82) is 0 Å². The van der Waals surface area contributed by atoms with E-state index in [-0.39, 0.29) is 17.1 Å². The minimum Gasteiger partial charge on any atom is -0.350 e. The molecule has 122 valence electrons. The summed E-state index contributed by atoms with van der Waals surface area (Å²) in [4.78, 5) is 12.3. The van der Waals surface area contributed by atoms with Crippen LogP contribution < -0.4 is 10.6 Å². The van der Waals surface area contributed by atoms with Gasteiger partial charge < -0.3 is 15.2 Å². The first-order valence-electron chi connectivity index (χ1n) is 7.78. The predicted octanol–water partition coefficient (Wildman–Crippen LogP) is 3.11. The van der Waals surface area contributed by atoms with E-state index >= 15 is 0 Å². The third-order valence-corrected chi connectivity index (χ3v) is 4.57. The molecule has 2 heterocycles. The fraction of sp³-hybridized carbons (Fsp3) is 0.412. The van der Waals surface area contributed by atoms with Crippen molar-refractivity contribution in [2.45, 2.75) is 19.8 Å². The molecule has 6 heteroatoms. The molecule has 2 N–H and O–H groups in total. The maximum atomic E-state index is 12.3. The summed E-state index contributed by atoms with van der Waals surface area (Å²) in [6, 6.07) is 8.96. The number of amides is 1. The van der Waals surface area contributed by atoms with Gasteiger partial charge in [0.2, 0.25) is 5.76 Å². The molecule has 1 fully saturated rings. The van der Waals surface area contributed by atoms with Crippen LogP contribution in [0.4, 0.5) is 0 Å². The molecule has 23 heavy (non-hydrogen) atoms. The van der Waals surface area contributed by atoms with Crippen molar-refractivity contribution in [3.8, 4) is 11.3 Å². The van der Waals surface area contributed by atoms with Gasteiger partial charge >= 0.3 is 0 Å². The zero-order valence-corrected chi connectivity index (χ0v) is 13.8. The molecule has 3 rings (SSSR count). The first-order chi connectivity index (χ1) is 11.1. The van der Waals surface area contributed by atoms with E-state index in [0.29, 0.717) is 17.3 Å². The van der Waals surface area contributed by atoms with Gasteiger partial charge in [-0.3, -0.25) is 4.79 Å². The molecule has 0 spiro atoms. The number of carbonyl (C=O) groups excluding carboxylic acids is 1. The minimum atomic E-state index is -0.248. The average Bonchev–Trinajstić information content (AvgIpc) is 3.04. The average molecular weight is 334 g/mol. The molecule has 0 aliphatic carbocycles. The van der Waals surface area contributed by atoms with Gasteiger partial charge in [0.15, 0.2) is 0 Å². The van der Waals surface area contributed by atoms with Crippen LogP contribution in [-0.4, -0.2) is 30.7 Å². The maximum Gasteiger partial charge on any atom is 0.289 e. The van der Waals surface area contributed by atoms with Gasteiger partial charge in [0.25, 0.3) is 5.91 Å². The molecule has 1 aromatic heterocycles. The number of benzene rings is 1. The summed E-state index contributed by atoms with van der Waals surface area (Å²) in [5, 5.41) is 10.8. The maximum absolute atomic E-state index is 12.3. The molecule has 1 saturated heterocycles.